The third kappa shape index (κ3) is 3.62. The van der Waals surface area contributed by atoms with Crippen molar-refractivity contribution in [2.24, 2.45) is 0 Å². The topological polar surface area (TPSA) is 35.1 Å². The van der Waals surface area contributed by atoms with Crippen LogP contribution in [-0.2, 0) is 9.53 Å². The van der Waals surface area contributed by atoms with Crippen molar-refractivity contribution in [3.8, 4) is 0 Å². The molecule has 1 heterocycles. The lowest BCUT2D eigenvalue weighted by Gasteiger charge is -2.19. The highest BCUT2D eigenvalue weighted by Gasteiger charge is 2.13. The van der Waals surface area contributed by atoms with Gasteiger partial charge >= 0.3 is 0 Å². The van der Waals surface area contributed by atoms with Gasteiger partial charge in [0, 0.05) is 5.72 Å². The molecule has 0 spiro atoms. The molecule has 0 saturated heterocycles. The Labute approximate surface area is 110 Å². The normalized spacial score (nSPS) is 11.3. The molecule has 4 nitrogen and oxygen atoms in total. The largest absolute Gasteiger partial charge is 0.468 e. The number of ether oxygens (including phenoxy) is 1. The fraction of sp³-hybridized carbons (Fsp3) is 0.692. The SMILES string of the molecule is CCOC(=O)C[B-]c1n(C(C)C)cc[n+]1C(C)C. The van der Waals surface area contributed by atoms with Gasteiger partial charge in [-0.25, -0.2) is 0 Å². The average Bonchev–Trinajstić information content (AvgIpc) is 2.70. The first-order valence-electron chi connectivity index (χ1n) is 6.58. The predicted molar refractivity (Wildman–Crippen MR) is 72.2 cm³/mol. The van der Waals surface area contributed by atoms with Crippen LogP contribution in [-0.4, -0.2) is 24.4 Å². The van der Waals surface area contributed by atoms with E-state index in [-0.39, 0.29) is 5.97 Å². The minimum atomic E-state index is -0.177. The summed E-state index contributed by atoms with van der Waals surface area (Å²) in [5, 5.41) is 0. The Morgan fingerprint density at radius 3 is 2.61 bits per heavy atom. The zero-order chi connectivity index (χ0) is 13.7. The number of aromatic nitrogens is 2. The number of rotatable bonds is 6. The van der Waals surface area contributed by atoms with Gasteiger partial charge in [0.25, 0.3) is 5.97 Å². The van der Waals surface area contributed by atoms with E-state index in [1.165, 1.54) is 0 Å². The third-order valence-electron chi connectivity index (χ3n) is 2.79. The molecule has 0 aliphatic rings. The highest BCUT2D eigenvalue weighted by atomic mass is 16.5. The minimum absolute atomic E-state index is 0.177. The molecular weight excluding hydrogens is 227 g/mol. The molecule has 0 N–H and O–H groups in total. The Hall–Kier alpha value is -1.26. The number of hydrogen-bond acceptors (Lipinski definition) is 2. The van der Waals surface area contributed by atoms with Crippen molar-refractivity contribution >= 4 is 19.0 Å². The van der Waals surface area contributed by atoms with Gasteiger partial charge in [-0.3, -0.25) is 13.9 Å². The lowest BCUT2D eigenvalue weighted by atomic mass is 9.73. The minimum Gasteiger partial charge on any atom is -0.468 e. The van der Waals surface area contributed by atoms with Crippen LogP contribution in [0.15, 0.2) is 12.4 Å². The quantitative estimate of drug-likeness (QED) is 0.432. The van der Waals surface area contributed by atoms with E-state index in [4.69, 9.17) is 4.74 Å². The van der Waals surface area contributed by atoms with Crippen molar-refractivity contribution in [2.45, 2.75) is 53.0 Å². The molecular formula is C13H23BN2O2. The Morgan fingerprint density at radius 1 is 1.44 bits per heavy atom. The standard InChI is InChI=1S/C13H23BN2O2/c1-6-18-12(17)9-14-13-15(10(2)3)7-8-16(13)11(4)5/h7-8,10-11H,6,9H2,1-5H3. The Kier molecular flexibility index (Phi) is 5.44. The molecule has 18 heavy (non-hydrogen) atoms. The molecule has 100 valence electrons. The molecule has 0 amide bonds. The summed E-state index contributed by atoms with van der Waals surface area (Å²) in [6.45, 7) is 10.8. The lowest BCUT2D eigenvalue weighted by molar-refractivity contribution is -0.699. The van der Waals surface area contributed by atoms with E-state index in [1.807, 2.05) is 14.2 Å². The summed E-state index contributed by atoms with van der Waals surface area (Å²) in [6.07, 6.45) is 4.43. The highest BCUT2D eigenvalue weighted by molar-refractivity contribution is 6.54. The number of carbonyl (C=O) groups is 1. The zero-order valence-electron chi connectivity index (χ0n) is 12.0. The van der Waals surface area contributed by atoms with Crippen LogP contribution < -0.4 is 10.3 Å². The monoisotopic (exact) mass is 250 g/mol. The van der Waals surface area contributed by atoms with Crippen LogP contribution in [0.1, 0.15) is 46.7 Å². The Balaban J connectivity index is 2.84. The van der Waals surface area contributed by atoms with Crippen molar-refractivity contribution in [1.29, 1.82) is 0 Å². The summed E-state index contributed by atoms with van der Waals surface area (Å²) in [4.78, 5) is 11.4. The third-order valence-corrected chi connectivity index (χ3v) is 2.79. The van der Waals surface area contributed by atoms with Crippen LogP contribution in [0, 0.1) is 0 Å². The van der Waals surface area contributed by atoms with Crippen LogP contribution in [0.4, 0.5) is 0 Å². The molecule has 0 fully saturated rings. The van der Waals surface area contributed by atoms with Gasteiger partial charge < -0.3 is 4.74 Å². The molecule has 0 atom stereocenters. The number of hydrogen-bond donors (Lipinski definition) is 0. The van der Waals surface area contributed by atoms with E-state index in [2.05, 4.69) is 49.2 Å². The summed E-state index contributed by atoms with van der Waals surface area (Å²) >= 11 is 0. The first-order valence-corrected chi connectivity index (χ1v) is 6.58. The number of nitrogens with zero attached hydrogens (tertiary/aromatic N) is 2. The summed E-state index contributed by atoms with van der Waals surface area (Å²) in [5.41, 5.74) is 1.06. The van der Waals surface area contributed by atoms with Gasteiger partial charge in [-0.2, -0.15) is 7.28 Å². The van der Waals surface area contributed by atoms with Gasteiger partial charge in [0.2, 0.25) is 0 Å². The first kappa shape index (κ1) is 14.8. The summed E-state index contributed by atoms with van der Waals surface area (Å²) in [7, 11) is 1.94. The second kappa shape index (κ2) is 6.62. The first-order chi connectivity index (χ1) is 8.47. The zero-order valence-corrected chi connectivity index (χ0v) is 12.0. The van der Waals surface area contributed by atoms with Gasteiger partial charge in [0.15, 0.2) is 0 Å². The smallest absolute Gasteiger partial charge is 0.265 e. The second-order valence-corrected chi connectivity index (χ2v) is 4.87. The van der Waals surface area contributed by atoms with E-state index < -0.39 is 0 Å². The van der Waals surface area contributed by atoms with Gasteiger partial charge in [0.05, 0.1) is 18.7 Å². The molecule has 1 rings (SSSR count). The van der Waals surface area contributed by atoms with Crippen molar-refractivity contribution in [2.75, 3.05) is 6.61 Å². The van der Waals surface area contributed by atoms with Gasteiger partial charge in [-0.05, 0) is 34.6 Å². The van der Waals surface area contributed by atoms with E-state index in [0.717, 1.165) is 5.72 Å². The van der Waals surface area contributed by atoms with Crippen LogP contribution in [0.5, 0.6) is 0 Å². The van der Waals surface area contributed by atoms with Crippen molar-refractivity contribution < 1.29 is 14.1 Å². The molecule has 0 unspecified atom stereocenters. The molecule has 2 radical (unpaired) electrons. The number of esters is 1. The van der Waals surface area contributed by atoms with E-state index in [0.29, 0.717) is 25.0 Å². The Bertz CT molecular complexity index is 374. The van der Waals surface area contributed by atoms with Crippen molar-refractivity contribution in [3.63, 3.8) is 0 Å². The van der Waals surface area contributed by atoms with Crippen LogP contribution in [0.2, 0.25) is 6.32 Å². The van der Waals surface area contributed by atoms with Crippen LogP contribution >= 0.6 is 0 Å². The molecule has 0 bridgehead atoms. The van der Waals surface area contributed by atoms with Gasteiger partial charge in [-0.1, -0.05) is 0 Å². The fourth-order valence-corrected chi connectivity index (χ4v) is 1.91. The molecule has 1 aromatic rings. The highest BCUT2D eigenvalue weighted by Crippen LogP contribution is 2.02. The van der Waals surface area contributed by atoms with Gasteiger partial charge in [0.1, 0.15) is 12.4 Å². The Morgan fingerprint density at radius 2 is 2.11 bits per heavy atom. The molecule has 0 saturated carbocycles. The predicted octanol–water partition coefficient (Wildman–Crippen LogP) is 1.25. The van der Waals surface area contributed by atoms with Crippen LogP contribution in [0.25, 0.3) is 0 Å². The molecule has 0 aliphatic carbocycles. The van der Waals surface area contributed by atoms with E-state index >= 15 is 0 Å². The second-order valence-electron chi connectivity index (χ2n) is 4.87. The van der Waals surface area contributed by atoms with Crippen molar-refractivity contribution in [3.05, 3.63) is 12.4 Å². The van der Waals surface area contributed by atoms with Crippen LogP contribution in [0.3, 0.4) is 0 Å². The summed E-state index contributed by atoms with van der Waals surface area (Å²) in [6, 6.07) is 0.747. The summed E-state index contributed by atoms with van der Waals surface area (Å²) < 4.78 is 9.28. The van der Waals surface area contributed by atoms with Crippen molar-refractivity contribution in [1.82, 2.24) is 4.57 Å². The maximum atomic E-state index is 11.4. The lowest BCUT2D eigenvalue weighted by Crippen LogP contribution is -2.54. The molecule has 0 aliphatic heterocycles. The van der Waals surface area contributed by atoms with Gasteiger partial charge in [-0.15, -0.1) is 6.32 Å². The number of carbonyl (C=O) groups excluding carboxylic acids is 1. The fourth-order valence-electron chi connectivity index (χ4n) is 1.91. The maximum absolute atomic E-state index is 11.4. The molecule has 5 heteroatoms. The molecule has 1 aromatic heterocycles. The average molecular weight is 250 g/mol. The molecule has 0 aromatic carbocycles. The number of imidazole rings is 1. The summed E-state index contributed by atoms with van der Waals surface area (Å²) in [5.74, 6) is -0.177. The van der Waals surface area contributed by atoms with E-state index in [1.54, 1.807) is 0 Å². The maximum Gasteiger partial charge on any atom is 0.265 e. The van der Waals surface area contributed by atoms with E-state index in [9.17, 15) is 4.79 Å².